The third-order valence-electron chi connectivity index (χ3n) is 5.45. The predicted octanol–water partition coefficient (Wildman–Crippen LogP) is 5.30. The van der Waals surface area contributed by atoms with Crippen molar-refractivity contribution < 1.29 is 32.2 Å². The third kappa shape index (κ3) is 7.42. The first-order chi connectivity index (χ1) is 17.9. The molecule has 38 heavy (non-hydrogen) atoms. The number of anilines is 4. The lowest BCUT2D eigenvalue weighted by Crippen LogP contribution is -2.21. The number of nitrogens with zero attached hydrogens (tertiary/aromatic N) is 3. The second-order valence-corrected chi connectivity index (χ2v) is 10.6. The van der Waals surface area contributed by atoms with Gasteiger partial charge in [-0.25, -0.2) is 9.97 Å². The first-order valence-corrected chi connectivity index (χ1v) is 13.4. The number of ether oxygens (including phenoxy) is 1. The van der Waals surface area contributed by atoms with Crippen molar-refractivity contribution in [2.75, 3.05) is 24.8 Å². The van der Waals surface area contributed by atoms with Gasteiger partial charge in [0.1, 0.15) is 21.7 Å². The molecule has 0 aliphatic heterocycles. The van der Waals surface area contributed by atoms with Gasteiger partial charge in [-0.05, 0) is 58.6 Å². The largest absolute Gasteiger partial charge is 0.495 e. The fourth-order valence-electron chi connectivity index (χ4n) is 3.32. The Labute approximate surface area is 225 Å². The molecule has 0 fully saturated rings. The van der Waals surface area contributed by atoms with E-state index in [0.29, 0.717) is 35.1 Å². The Morgan fingerprint density at radius 2 is 1.89 bits per heavy atom. The van der Waals surface area contributed by atoms with Gasteiger partial charge in [0.2, 0.25) is 5.95 Å². The minimum Gasteiger partial charge on any atom is -0.495 e. The Morgan fingerprint density at radius 3 is 2.53 bits per heavy atom. The van der Waals surface area contributed by atoms with E-state index < -0.39 is 31.5 Å². The van der Waals surface area contributed by atoms with E-state index in [1.165, 1.54) is 26.3 Å². The standard InChI is InChI=1S/C23H25BrF3N6O4P/c1-12(38(35)36)4-5-13-6-7-15(17(10-13)37-3)31-22-29-11-14(23(25,26)27)20(33-22)30-16-8-9-18(24)32-19(16)21(34)28-2/h6-12,38H,4-5H2,1-3H3,(H,28,34)(H,35,36)(H2,29,30,31,33). The zero-order valence-corrected chi connectivity index (χ0v) is 23.1. The lowest BCUT2D eigenvalue weighted by atomic mass is 10.1. The number of carbonyl (C=O) groups excluding carboxylic acids is 1. The van der Waals surface area contributed by atoms with Crippen LogP contribution < -0.4 is 20.7 Å². The number of rotatable bonds is 10. The fourth-order valence-corrected chi connectivity index (χ4v) is 4.02. The number of alkyl halides is 3. The molecule has 0 saturated carbocycles. The maximum Gasteiger partial charge on any atom is 0.421 e. The van der Waals surface area contributed by atoms with Crippen LogP contribution in [0.3, 0.4) is 0 Å². The molecule has 1 amide bonds. The van der Waals surface area contributed by atoms with E-state index >= 15 is 0 Å². The smallest absolute Gasteiger partial charge is 0.421 e. The summed E-state index contributed by atoms with van der Waals surface area (Å²) >= 11 is 3.15. The van der Waals surface area contributed by atoms with E-state index in [2.05, 4.69) is 46.8 Å². The van der Waals surface area contributed by atoms with Gasteiger partial charge in [-0.3, -0.25) is 9.36 Å². The van der Waals surface area contributed by atoms with Crippen molar-refractivity contribution >= 4 is 53.0 Å². The highest BCUT2D eigenvalue weighted by atomic mass is 79.9. The predicted molar refractivity (Wildman–Crippen MR) is 141 cm³/mol. The summed E-state index contributed by atoms with van der Waals surface area (Å²) in [6.07, 6.45) is -3.12. The van der Waals surface area contributed by atoms with Crippen LogP contribution in [0.2, 0.25) is 0 Å². The Kier molecular flexibility index (Phi) is 9.69. The zero-order valence-electron chi connectivity index (χ0n) is 20.5. The lowest BCUT2D eigenvalue weighted by molar-refractivity contribution is -0.137. The molecule has 15 heteroatoms. The van der Waals surface area contributed by atoms with E-state index in [1.54, 1.807) is 25.1 Å². The summed E-state index contributed by atoms with van der Waals surface area (Å²) in [5.41, 5.74) is -0.372. The lowest BCUT2D eigenvalue weighted by Gasteiger charge is -2.17. The number of aryl methyl sites for hydroxylation is 1. The third-order valence-corrected chi connectivity index (χ3v) is 7.02. The highest BCUT2D eigenvalue weighted by Crippen LogP contribution is 2.37. The molecule has 2 aromatic heterocycles. The van der Waals surface area contributed by atoms with Gasteiger partial charge in [-0.2, -0.15) is 18.2 Å². The van der Waals surface area contributed by atoms with Gasteiger partial charge in [-0.15, -0.1) is 0 Å². The average molecular weight is 617 g/mol. The first-order valence-electron chi connectivity index (χ1n) is 11.2. The minimum absolute atomic E-state index is 0.00399. The summed E-state index contributed by atoms with van der Waals surface area (Å²) in [4.78, 5) is 33.4. The molecule has 4 N–H and O–H groups in total. The van der Waals surface area contributed by atoms with E-state index in [4.69, 9.17) is 4.74 Å². The molecule has 0 radical (unpaired) electrons. The van der Waals surface area contributed by atoms with Crippen LogP contribution >= 0.6 is 24.0 Å². The molecule has 2 atom stereocenters. The summed E-state index contributed by atoms with van der Waals surface area (Å²) in [5.74, 6) is -0.983. The van der Waals surface area contributed by atoms with Crippen LogP contribution in [0.5, 0.6) is 5.75 Å². The number of aromatic nitrogens is 3. The fraction of sp³-hybridized carbons (Fsp3) is 0.304. The summed E-state index contributed by atoms with van der Waals surface area (Å²) in [6.45, 7) is 1.70. The average Bonchev–Trinajstić information content (AvgIpc) is 2.87. The summed E-state index contributed by atoms with van der Waals surface area (Å²) in [7, 11) is 0.181. The van der Waals surface area contributed by atoms with Crippen LogP contribution in [-0.4, -0.2) is 45.6 Å². The second kappa shape index (κ2) is 12.5. The number of hydrogen-bond donors (Lipinski definition) is 4. The number of carbonyl (C=O) groups is 1. The van der Waals surface area contributed by atoms with Crippen LogP contribution in [0.25, 0.3) is 0 Å². The van der Waals surface area contributed by atoms with Gasteiger partial charge in [0.25, 0.3) is 5.91 Å². The number of hydrogen-bond acceptors (Lipinski definition) is 8. The molecule has 2 heterocycles. The molecular formula is C23H25BrF3N6O4P. The zero-order chi connectivity index (χ0) is 28.0. The highest BCUT2D eigenvalue weighted by Gasteiger charge is 2.36. The van der Waals surface area contributed by atoms with Gasteiger partial charge in [0.05, 0.1) is 18.5 Å². The Hall–Kier alpha value is -3.22. The number of methoxy groups -OCH3 is 1. The van der Waals surface area contributed by atoms with Gasteiger partial charge in [0, 0.05) is 18.9 Å². The van der Waals surface area contributed by atoms with E-state index in [0.717, 1.165) is 5.56 Å². The molecule has 0 bridgehead atoms. The molecule has 0 aliphatic rings. The van der Waals surface area contributed by atoms with Crippen molar-refractivity contribution in [1.29, 1.82) is 0 Å². The quantitative estimate of drug-likeness (QED) is 0.177. The number of benzene rings is 1. The summed E-state index contributed by atoms with van der Waals surface area (Å²) in [6, 6.07) is 7.99. The highest BCUT2D eigenvalue weighted by molar-refractivity contribution is 9.10. The topological polar surface area (TPSA) is 138 Å². The minimum atomic E-state index is -4.78. The van der Waals surface area contributed by atoms with Crippen molar-refractivity contribution in [3.05, 3.63) is 58.0 Å². The molecule has 0 saturated heterocycles. The SMILES string of the molecule is CNC(=O)c1nc(Br)ccc1Nc1nc(Nc2ccc(CCC(C)[PH](=O)O)cc2OC)ncc1C(F)(F)F. The maximum atomic E-state index is 13.7. The van der Waals surface area contributed by atoms with Crippen LogP contribution in [-0.2, 0) is 17.2 Å². The second-order valence-electron chi connectivity index (χ2n) is 8.13. The molecule has 2 unspecified atom stereocenters. The molecule has 0 aliphatic carbocycles. The van der Waals surface area contributed by atoms with Crippen molar-refractivity contribution in [3.63, 3.8) is 0 Å². The maximum absolute atomic E-state index is 13.7. The van der Waals surface area contributed by atoms with Crippen LogP contribution in [0, 0.1) is 0 Å². The molecule has 3 aromatic rings. The van der Waals surface area contributed by atoms with Gasteiger partial charge >= 0.3 is 6.18 Å². The summed E-state index contributed by atoms with van der Waals surface area (Å²) in [5, 5.41) is 7.81. The van der Waals surface area contributed by atoms with Crippen LogP contribution in [0.1, 0.15) is 35.0 Å². The van der Waals surface area contributed by atoms with Crippen LogP contribution in [0.15, 0.2) is 41.1 Å². The van der Waals surface area contributed by atoms with E-state index in [1.807, 2.05) is 0 Å². The van der Waals surface area contributed by atoms with Crippen molar-refractivity contribution in [1.82, 2.24) is 20.3 Å². The monoisotopic (exact) mass is 616 g/mol. The van der Waals surface area contributed by atoms with Gasteiger partial charge in [0.15, 0.2) is 13.7 Å². The Bertz CT molecular complexity index is 1340. The molecule has 10 nitrogen and oxygen atoms in total. The van der Waals surface area contributed by atoms with Gasteiger partial charge < -0.3 is 25.6 Å². The number of nitrogens with one attached hydrogen (secondary N) is 3. The van der Waals surface area contributed by atoms with Crippen molar-refractivity contribution in [2.45, 2.75) is 31.6 Å². The van der Waals surface area contributed by atoms with Crippen molar-refractivity contribution in [3.8, 4) is 5.75 Å². The molecule has 0 spiro atoms. The van der Waals surface area contributed by atoms with Gasteiger partial charge in [-0.1, -0.05) is 13.0 Å². The molecule has 204 valence electrons. The Balaban J connectivity index is 1.94. The molecular weight excluding hydrogens is 592 g/mol. The normalized spacial score (nSPS) is 12.9. The molecule has 1 aromatic carbocycles. The summed E-state index contributed by atoms with van der Waals surface area (Å²) < 4.78 is 58.2. The van der Waals surface area contributed by atoms with E-state index in [-0.39, 0.29) is 23.0 Å². The Morgan fingerprint density at radius 1 is 1.18 bits per heavy atom. The van der Waals surface area contributed by atoms with E-state index in [9.17, 15) is 27.4 Å². The number of amides is 1. The molecule has 3 rings (SSSR count). The number of halogens is 4. The van der Waals surface area contributed by atoms with Crippen molar-refractivity contribution in [2.24, 2.45) is 0 Å². The number of pyridine rings is 1. The first kappa shape index (κ1) is 29.3. The van der Waals surface area contributed by atoms with Crippen LogP contribution in [0.4, 0.5) is 36.3 Å².